The second-order valence-corrected chi connectivity index (χ2v) is 8.19. The van der Waals surface area contributed by atoms with Crippen molar-refractivity contribution in [3.63, 3.8) is 0 Å². The van der Waals surface area contributed by atoms with Gasteiger partial charge in [0.1, 0.15) is 6.26 Å². The summed E-state index contributed by atoms with van der Waals surface area (Å²) in [6.45, 7) is 3.18. The molecule has 0 unspecified atom stereocenters. The standard InChI is InChI=1S/C23H26N2O3/c26-21-20(24-11-4-1-5-12-24)18-6-2-3-7-19(18)23(21)9-13-25(14-10-23)22(27)17-8-15-28-16-17/h1-4,6-8,15-16,20-21,26H,5,9-14H2/t20-,21+/m1/s1. The van der Waals surface area contributed by atoms with Crippen LogP contribution in [0.3, 0.4) is 0 Å². The molecule has 5 heteroatoms. The van der Waals surface area contributed by atoms with E-state index < -0.39 is 6.10 Å². The maximum atomic E-state index is 12.7. The quantitative estimate of drug-likeness (QED) is 0.816. The first-order valence-electron chi connectivity index (χ1n) is 10.2. The number of amides is 1. The molecule has 1 spiro atoms. The average molecular weight is 378 g/mol. The highest BCUT2D eigenvalue weighted by atomic mass is 16.3. The lowest BCUT2D eigenvalue weighted by molar-refractivity contribution is -0.0114. The van der Waals surface area contributed by atoms with E-state index in [0.717, 1.165) is 32.4 Å². The molecule has 2 aromatic rings. The van der Waals surface area contributed by atoms with Crippen LogP contribution in [0, 0.1) is 0 Å². The van der Waals surface area contributed by atoms with Gasteiger partial charge < -0.3 is 14.4 Å². The molecule has 2 atom stereocenters. The first-order valence-corrected chi connectivity index (χ1v) is 10.2. The first-order chi connectivity index (χ1) is 13.7. The zero-order chi connectivity index (χ0) is 19.1. The number of fused-ring (bicyclic) bond motifs is 2. The molecule has 1 fully saturated rings. The molecule has 3 aliphatic rings. The molecule has 0 radical (unpaired) electrons. The van der Waals surface area contributed by atoms with Gasteiger partial charge in [-0.1, -0.05) is 36.4 Å². The predicted molar refractivity (Wildman–Crippen MR) is 106 cm³/mol. The van der Waals surface area contributed by atoms with Crippen molar-refractivity contribution in [1.82, 2.24) is 9.80 Å². The Morgan fingerprint density at radius 1 is 1.11 bits per heavy atom. The topological polar surface area (TPSA) is 56.9 Å². The highest BCUT2D eigenvalue weighted by Gasteiger charge is 2.54. The molecule has 1 saturated heterocycles. The maximum absolute atomic E-state index is 12.7. The molecule has 1 amide bonds. The number of rotatable bonds is 2. The van der Waals surface area contributed by atoms with Crippen LogP contribution in [0.25, 0.3) is 0 Å². The molecular weight excluding hydrogens is 352 g/mol. The highest BCUT2D eigenvalue weighted by Crippen LogP contribution is 2.53. The lowest BCUT2D eigenvalue weighted by atomic mass is 9.72. The van der Waals surface area contributed by atoms with Crippen LogP contribution < -0.4 is 0 Å². The van der Waals surface area contributed by atoms with Gasteiger partial charge in [0.2, 0.25) is 0 Å². The lowest BCUT2D eigenvalue weighted by Crippen LogP contribution is -2.51. The van der Waals surface area contributed by atoms with E-state index >= 15 is 0 Å². The Bertz CT molecular complexity index is 881. The van der Waals surface area contributed by atoms with E-state index in [-0.39, 0.29) is 17.4 Å². The fourth-order valence-electron chi connectivity index (χ4n) is 5.39. The summed E-state index contributed by atoms with van der Waals surface area (Å²) < 4.78 is 5.07. The number of aliphatic hydroxyl groups excluding tert-OH is 1. The van der Waals surface area contributed by atoms with Crippen molar-refractivity contribution in [2.24, 2.45) is 0 Å². The first kappa shape index (κ1) is 17.7. The van der Waals surface area contributed by atoms with Crippen LogP contribution in [0.4, 0.5) is 0 Å². The van der Waals surface area contributed by atoms with Crippen molar-refractivity contribution in [3.05, 3.63) is 71.7 Å². The number of likely N-dealkylation sites (tertiary alicyclic amines) is 1. The Morgan fingerprint density at radius 2 is 1.93 bits per heavy atom. The third-order valence-corrected chi connectivity index (χ3v) is 6.88. The number of carbonyl (C=O) groups excluding carboxylic acids is 1. The number of carbonyl (C=O) groups is 1. The third kappa shape index (κ3) is 2.65. The molecule has 5 rings (SSSR count). The lowest BCUT2D eigenvalue weighted by Gasteiger charge is -2.44. The second kappa shape index (κ2) is 6.90. The molecule has 1 aromatic carbocycles. The van der Waals surface area contributed by atoms with E-state index in [0.29, 0.717) is 18.7 Å². The van der Waals surface area contributed by atoms with Crippen molar-refractivity contribution >= 4 is 5.91 Å². The molecule has 2 aliphatic heterocycles. The summed E-state index contributed by atoms with van der Waals surface area (Å²) in [6.07, 6.45) is 9.63. The molecule has 0 bridgehead atoms. The van der Waals surface area contributed by atoms with Gasteiger partial charge in [-0.3, -0.25) is 9.69 Å². The Kier molecular flexibility index (Phi) is 4.37. The van der Waals surface area contributed by atoms with Gasteiger partial charge in [0.15, 0.2) is 0 Å². The minimum absolute atomic E-state index is 0.0158. The van der Waals surface area contributed by atoms with Crippen LogP contribution >= 0.6 is 0 Å². The average Bonchev–Trinajstić information content (AvgIpc) is 3.36. The molecule has 3 heterocycles. The van der Waals surface area contributed by atoms with Crippen LogP contribution in [-0.2, 0) is 5.41 Å². The largest absolute Gasteiger partial charge is 0.472 e. The molecule has 28 heavy (non-hydrogen) atoms. The van der Waals surface area contributed by atoms with Gasteiger partial charge in [0.05, 0.1) is 24.0 Å². The van der Waals surface area contributed by atoms with Crippen molar-refractivity contribution in [3.8, 4) is 0 Å². The second-order valence-electron chi connectivity index (χ2n) is 8.19. The minimum Gasteiger partial charge on any atom is -0.472 e. The van der Waals surface area contributed by atoms with Crippen molar-refractivity contribution in [1.29, 1.82) is 0 Å². The Morgan fingerprint density at radius 3 is 2.64 bits per heavy atom. The minimum atomic E-state index is -0.442. The van der Waals surface area contributed by atoms with Crippen LogP contribution in [0.1, 0.15) is 46.8 Å². The van der Waals surface area contributed by atoms with Gasteiger partial charge >= 0.3 is 0 Å². The Labute approximate surface area is 165 Å². The maximum Gasteiger partial charge on any atom is 0.257 e. The number of piperidine rings is 1. The van der Waals surface area contributed by atoms with Gasteiger partial charge in [-0.15, -0.1) is 0 Å². The normalized spacial score (nSPS) is 26.5. The fraction of sp³-hybridized carbons (Fsp3) is 0.435. The summed E-state index contributed by atoms with van der Waals surface area (Å²) in [4.78, 5) is 17.0. The van der Waals surface area contributed by atoms with Gasteiger partial charge in [-0.25, -0.2) is 0 Å². The fourth-order valence-corrected chi connectivity index (χ4v) is 5.39. The number of hydrogen-bond donors (Lipinski definition) is 1. The zero-order valence-corrected chi connectivity index (χ0v) is 16.0. The van der Waals surface area contributed by atoms with Crippen molar-refractivity contribution in [2.75, 3.05) is 26.2 Å². The summed E-state index contributed by atoms with van der Waals surface area (Å²) in [5.41, 5.74) is 2.87. The highest BCUT2D eigenvalue weighted by molar-refractivity contribution is 5.93. The Balaban J connectivity index is 1.42. The SMILES string of the molecule is O=C(c1ccoc1)N1CCC2(CC1)c1ccccc1[C@@H](N1CC=CCC1)[C@@H]2O. The van der Waals surface area contributed by atoms with Crippen LogP contribution in [0.15, 0.2) is 59.4 Å². The summed E-state index contributed by atoms with van der Waals surface area (Å²) in [7, 11) is 0. The molecule has 1 aromatic heterocycles. The van der Waals surface area contributed by atoms with Crippen LogP contribution in [0.5, 0.6) is 0 Å². The molecule has 0 saturated carbocycles. The summed E-state index contributed by atoms with van der Waals surface area (Å²) in [5, 5.41) is 11.6. The van der Waals surface area contributed by atoms with E-state index in [1.165, 1.54) is 23.7 Å². The zero-order valence-electron chi connectivity index (χ0n) is 16.0. The third-order valence-electron chi connectivity index (χ3n) is 6.88. The number of furan rings is 1. The summed E-state index contributed by atoms with van der Waals surface area (Å²) >= 11 is 0. The molecule has 1 N–H and O–H groups in total. The predicted octanol–water partition coefficient (Wildman–Crippen LogP) is 3.13. The van der Waals surface area contributed by atoms with E-state index in [2.05, 4.69) is 41.3 Å². The van der Waals surface area contributed by atoms with E-state index in [1.54, 1.807) is 6.07 Å². The number of benzene rings is 1. The van der Waals surface area contributed by atoms with Gasteiger partial charge in [-0.2, -0.15) is 0 Å². The molecule has 1 aliphatic carbocycles. The van der Waals surface area contributed by atoms with Crippen LogP contribution in [-0.4, -0.2) is 53.1 Å². The van der Waals surface area contributed by atoms with Gasteiger partial charge in [0.25, 0.3) is 5.91 Å². The smallest absolute Gasteiger partial charge is 0.257 e. The Hall–Kier alpha value is -2.37. The van der Waals surface area contributed by atoms with Crippen LogP contribution in [0.2, 0.25) is 0 Å². The number of nitrogens with zero attached hydrogens (tertiary/aromatic N) is 2. The summed E-state index contributed by atoms with van der Waals surface area (Å²) in [6, 6.07) is 10.3. The van der Waals surface area contributed by atoms with E-state index in [4.69, 9.17) is 4.42 Å². The molecule has 5 nitrogen and oxygen atoms in total. The molecular formula is C23H26N2O3. The number of aliphatic hydroxyl groups is 1. The van der Waals surface area contributed by atoms with E-state index in [1.807, 2.05) is 4.90 Å². The molecule has 146 valence electrons. The summed E-state index contributed by atoms with van der Waals surface area (Å²) in [5.74, 6) is 0.0158. The van der Waals surface area contributed by atoms with E-state index in [9.17, 15) is 9.90 Å². The van der Waals surface area contributed by atoms with Crippen molar-refractivity contribution < 1.29 is 14.3 Å². The monoisotopic (exact) mass is 378 g/mol. The van der Waals surface area contributed by atoms with Gasteiger partial charge in [-0.05, 0) is 36.5 Å². The number of hydrogen-bond acceptors (Lipinski definition) is 4. The van der Waals surface area contributed by atoms with Crippen molar-refractivity contribution in [2.45, 2.75) is 36.8 Å². The van der Waals surface area contributed by atoms with Gasteiger partial charge in [0, 0.05) is 31.6 Å².